The molecule has 0 saturated heterocycles. The third kappa shape index (κ3) is 4.65. The molecule has 0 unspecified atom stereocenters. The zero-order valence-electron chi connectivity index (χ0n) is 13.6. The number of hydrogen-bond donors (Lipinski definition) is 3. The molecule has 1 fully saturated rings. The summed E-state index contributed by atoms with van der Waals surface area (Å²) < 4.78 is 0. The fourth-order valence-corrected chi connectivity index (χ4v) is 3.06. The number of amides is 2. The first kappa shape index (κ1) is 17.2. The Morgan fingerprint density at radius 3 is 2.73 bits per heavy atom. The molecular weight excluding hydrogens is 296 g/mol. The van der Waals surface area contributed by atoms with E-state index in [1.807, 2.05) is 30.8 Å². The van der Waals surface area contributed by atoms with Crippen LogP contribution >= 0.6 is 11.8 Å². The van der Waals surface area contributed by atoms with E-state index in [1.54, 1.807) is 0 Å². The zero-order chi connectivity index (χ0) is 16.2. The highest BCUT2D eigenvalue weighted by Crippen LogP contribution is 2.44. The highest BCUT2D eigenvalue weighted by molar-refractivity contribution is 7.99. The number of carbonyl (C=O) groups excluding carboxylic acids is 1. The Balaban J connectivity index is 1.91. The number of hydrogen-bond acceptors (Lipinski definition) is 3. The van der Waals surface area contributed by atoms with Gasteiger partial charge in [-0.1, -0.05) is 26.0 Å². The van der Waals surface area contributed by atoms with Gasteiger partial charge in [-0.05, 0) is 42.2 Å². The molecule has 122 valence electrons. The molecule has 5 heteroatoms. The Hall–Kier alpha value is -1.20. The standard InChI is InChI=1S/C17H26N2O2S/c1-12(2)22-9-14-5-4-6-15(13(14)3)19-16(21)18-10-17(11-20)7-8-17/h4-6,12,20H,7-11H2,1-3H3,(H2,18,19,21). The van der Waals surface area contributed by atoms with Crippen LogP contribution < -0.4 is 10.6 Å². The molecule has 0 aromatic heterocycles. The van der Waals surface area contributed by atoms with Crippen LogP contribution in [0.4, 0.5) is 10.5 Å². The van der Waals surface area contributed by atoms with Crippen LogP contribution in [-0.4, -0.2) is 29.5 Å². The summed E-state index contributed by atoms with van der Waals surface area (Å²) in [5.41, 5.74) is 3.16. The van der Waals surface area contributed by atoms with E-state index in [4.69, 9.17) is 0 Å². The van der Waals surface area contributed by atoms with Crippen LogP contribution in [0.1, 0.15) is 37.8 Å². The van der Waals surface area contributed by atoms with E-state index in [9.17, 15) is 9.90 Å². The van der Waals surface area contributed by atoms with Gasteiger partial charge in [0.05, 0.1) is 6.61 Å². The summed E-state index contributed by atoms with van der Waals surface area (Å²) >= 11 is 1.89. The van der Waals surface area contributed by atoms with Gasteiger partial charge >= 0.3 is 6.03 Å². The van der Waals surface area contributed by atoms with Crippen LogP contribution in [0, 0.1) is 12.3 Å². The number of rotatable bonds is 7. The minimum atomic E-state index is -0.198. The quantitative estimate of drug-likeness (QED) is 0.719. The molecule has 1 aromatic rings. The van der Waals surface area contributed by atoms with Crippen molar-refractivity contribution in [3.05, 3.63) is 29.3 Å². The fourth-order valence-electron chi connectivity index (χ4n) is 2.23. The van der Waals surface area contributed by atoms with E-state index in [1.165, 1.54) is 5.56 Å². The molecule has 1 aromatic carbocycles. The molecule has 1 aliphatic rings. The predicted molar refractivity (Wildman–Crippen MR) is 93.4 cm³/mol. The number of urea groups is 1. The molecule has 1 saturated carbocycles. The number of anilines is 1. The molecule has 0 heterocycles. The van der Waals surface area contributed by atoms with Gasteiger partial charge < -0.3 is 15.7 Å². The fraction of sp³-hybridized carbons (Fsp3) is 0.588. The monoisotopic (exact) mass is 322 g/mol. The van der Waals surface area contributed by atoms with Gasteiger partial charge in [0.2, 0.25) is 0 Å². The second-order valence-corrected chi connectivity index (χ2v) is 7.98. The zero-order valence-corrected chi connectivity index (χ0v) is 14.4. The summed E-state index contributed by atoms with van der Waals surface area (Å²) in [5.74, 6) is 0.953. The number of benzene rings is 1. The average Bonchev–Trinajstić information content (AvgIpc) is 3.27. The van der Waals surface area contributed by atoms with E-state index in [-0.39, 0.29) is 18.1 Å². The number of carbonyl (C=O) groups is 1. The third-order valence-electron chi connectivity index (χ3n) is 4.18. The first-order chi connectivity index (χ1) is 10.5. The van der Waals surface area contributed by atoms with Crippen molar-refractivity contribution in [3.8, 4) is 0 Å². The molecular formula is C17H26N2O2S. The van der Waals surface area contributed by atoms with Crippen molar-refractivity contribution < 1.29 is 9.90 Å². The molecule has 1 aliphatic carbocycles. The minimum absolute atomic E-state index is 0.0673. The van der Waals surface area contributed by atoms with Gasteiger partial charge in [-0.15, -0.1) is 0 Å². The van der Waals surface area contributed by atoms with E-state index < -0.39 is 0 Å². The lowest BCUT2D eigenvalue weighted by molar-refractivity contribution is 0.206. The van der Waals surface area contributed by atoms with Crippen molar-refractivity contribution in [1.29, 1.82) is 0 Å². The first-order valence-corrected chi connectivity index (χ1v) is 8.86. The molecule has 4 nitrogen and oxygen atoms in total. The summed E-state index contributed by atoms with van der Waals surface area (Å²) in [6, 6.07) is 5.82. The topological polar surface area (TPSA) is 61.4 Å². The van der Waals surface area contributed by atoms with E-state index >= 15 is 0 Å². The van der Waals surface area contributed by atoms with E-state index in [0.717, 1.165) is 29.8 Å². The summed E-state index contributed by atoms with van der Waals surface area (Å²) in [5, 5.41) is 15.6. The molecule has 0 bridgehead atoms. The van der Waals surface area contributed by atoms with Gasteiger partial charge in [-0.2, -0.15) is 11.8 Å². The van der Waals surface area contributed by atoms with Crippen LogP contribution in [0.25, 0.3) is 0 Å². The maximum absolute atomic E-state index is 12.0. The van der Waals surface area contributed by atoms with Crippen LogP contribution in [0.15, 0.2) is 18.2 Å². The van der Waals surface area contributed by atoms with Crippen molar-refractivity contribution in [3.63, 3.8) is 0 Å². The van der Waals surface area contributed by atoms with Gasteiger partial charge in [-0.25, -0.2) is 4.79 Å². The van der Waals surface area contributed by atoms with Crippen LogP contribution in [0.3, 0.4) is 0 Å². The molecule has 2 rings (SSSR count). The van der Waals surface area contributed by atoms with Crippen molar-refractivity contribution >= 4 is 23.5 Å². The third-order valence-corrected chi connectivity index (χ3v) is 5.33. The Morgan fingerprint density at radius 1 is 1.41 bits per heavy atom. The predicted octanol–water partition coefficient (Wildman–Crippen LogP) is 3.53. The maximum atomic E-state index is 12.0. The molecule has 0 atom stereocenters. The SMILES string of the molecule is Cc1c(CSC(C)C)cccc1NC(=O)NCC1(CO)CC1. The lowest BCUT2D eigenvalue weighted by atomic mass is 10.1. The lowest BCUT2D eigenvalue weighted by Crippen LogP contribution is -2.35. The summed E-state index contributed by atoms with van der Waals surface area (Å²) in [7, 11) is 0. The van der Waals surface area contributed by atoms with Gasteiger partial charge in [-0.3, -0.25) is 0 Å². The van der Waals surface area contributed by atoms with Crippen LogP contribution in [0.5, 0.6) is 0 Å². The van der Waals surface area contributed by atoms with E-state index in [2.05, 4.69) is 30.5 Å². The Morgan fingerprint density at radius 2 is 2.14 bits per heavy atom. The Kier molecular flexibility index (Phi) is 5.75. The normalized spacial score (nSPS) is 15.7. The molecule has 0 spiro atoms. The second kappa shape index (κ2) is 7.38. The first-order valence-electron chi connectivity index (χ1n) is 7.81. The highest BCUT2D eigenvalue weighted by atomic mass is 32.2. The highest BCUT2D eigenvalue weighted by Gasteiger charge is 2.42. The molecule has 22 heavy (non-hydrogen) atoms. The van der Waals surface area contributed by atoms with Gasteiger partial charge in [0.1, 0.15) is 0 Å². The molecule has 0 radical (unpaired) electrons. The largest absolute Gasteiger partial charge is 0.396 e. The maximum Gasteiger partial charge on any atom is 0.319 e. The van der Waals surface area contributed by atoms with Crippen LogP contribution in [0.2, 0.25) is 0 Å². The second-order valence-electron chi connectivity index (χ2n) is 6.42. The van der Waals surface area contributed by atoms with Crippen molar-refractivity contribution in [2.24, 2.45) is 5.41 Å². The Bertz CT molecular complexity index is 527. The Labute approximate surface area is 137 Å². The van der Waals surface area contributed by atoms with Gasteiger partial charge in [0, 0.05) is 23.4 Å². The molecule has 3 N–H and O–H groups in total. The van der Waals surface area contributed by atoms with Crippen molar-refractivity contribution in [2.45, 2.75) is 44.6 Å². The summed E-state index contributed by atoms with van der Waals surface area (Å²) in [4.78, 5) is 12.0. The summed E-state index contributed by atoms with van der Waals surface area (Å²) in [6.07, 6.45) is 1.98. The van der Waals surface area contributed by atoms with Crippen LogP contribution in [-0.2, 0) is 5.75 Å². The molecule has 0 aliphatic heterocycles. The average molecular weight is 322 g/mol. The van der Waals surface area contributed by atoms with Crippen molar-refractivity contribution in [2.75, 3.05) is 18.5 Å². The number of aliphatic hydroxyl groups is 1. The van der Waals surface area contributed by atoms with Gasteiger partial charge in [0.25, 0.3) is 0 Å². The van der Waals surface area contributed by atoms with Gasteiger partial charge in [0.15, 0.2) is 0 Å². The summed E-state index contributed by atoms with van der Waals surface area (Å²) in [6.45, 7) is 7.10. The number of aliphatic hydroxyl groups excluding tert-OH is 1. The van der Waals surface area contributed by atoms with E-state index in [0.29, 0.717) is 11.8 Å². The lowest BCUT2D eigenvalue weighted by Gasteiger charge is -2.16. The smallest absolute Gasteiger partial charge is 0.319 e. The number of nitrogens with one attached hydrogen (secondary N) is 2. The van der Waals surface area contributed by atoms with Crippen molar-refractivity contribution in [1.82, 2.24) is 5.32 Å². The molecule has 2 amide bonds. The number of thioether (sulfide) groups is 1. The minimum Gasteiger partial charge on any atom is -0.396 e.